The Morgan fingerprint density at radius 3 is 2.65 bits per heavy atom. The highest BCUT2D eigenvalue weighted by Gasteiger charge is 2.19. The quantitative estimate of drug-likeness (QED) is 0.750. The van der Waals surface area contributed by atoms with Crippen LogP contribution in [0, 0.1) is 5.82 Å². The van der Waals surface area contributed by atoms with Crippen molar-refractivity contribution in [1.82, 2.24) is 4.90 Å². The number of aliphatic hydroxyl groups excluding tert-OH is 1. The lowest BCUT2D eigenvalue weighted by Gasteiger charge is -2.27. The summed E-state index contributed by atoms with van der Waals surface area (Å²) in [6.45, 7) is 1.48. The van der Waals surface area contributed by atoms with E-state index in [1.54, 1.807) is 24.1 Å². The molecule has 6 heteroatoms. The van der Waals surface area contributed by atoms with Crippen LogP contribution in [-0.2, 0) is 16.0 Å². The number of halogens is 2. The van der Waals surface area contributed by atoms with Gasteiger partial charge in [-0.3, -0.25) is 9.59 Å². The van der Waals surface area contributed by atoms with Crippen molar-refractivity contribution in [3.8, 4) is 0 Å². The molecule has 0 fully saturated rings. The molecule has 4 nitrogen and oxygen atoms in total. The lowest BCUT2D eigenvalue weighted by molar-refractivity contribution is -0.132. The second kappa shape index (κ2) is 9.63. The monoisotopic (exact) mass is 343 g/mol. The fourth-order valence-electron chi connectivity index (χ4n) is 2.44. The fourth-order valence-corrected chi connectivity index (χ4v) is 2.66. The summed E-state index contributed by atoms with van der Waals surface area (Å²) >= 11 is 5.89. The Morgan fingerprint density at radius 2 is 2.04 bits per heavy atom. The van der Waals surface area contributed by atoms with Gasteiger partial charge in [0.25, 0.3) is 0 Å². The number of benzene rings is 1. The first kappa shape index (κ1) is 19.6. The Balaban J connectivity index is 2.57. The Kier molecular flexibility index (Phi) is 8.20. The molecule has 0 unspecified atom stereocenters. The summed E-state index contributed by atoms with van der Waals surface area (Å²) in [5, 5.41) is 8.81. The summed E-state index contributed by atoms with van der Waals surface area (Å²) in [5.41, 5.74) is 0.608. The van der Waals surface area contributed by atoms with E-state index in [0.29, 0.717) is 18.4 Å². The molecule has 0 bridgehead atoms. The molecule has 0 saturated heterocycles. The Labute approximate surface area is 141 Å². The molecule has 1 amide bonds. The highest BCUT2D eigenvalue weighted by Crippen LogP contribution is 2.21. The van der Waals surface area contributed by atoms with E-state index in [1.165, 1.54) is 6.07 Å². The van der Waals surface area contributed by atoms with Crippen LogP contribution in [0.25, 0.3) is 0 Å². The van der Waals surface area contributed by atoms with Crippen LogP contribution in [-0.4, -0.2) is 41.4 Å². The molecule has 1 aromatic rings. The molecule has 0 aliphatic heterocycles. The Hall–Kier alpha value is -1.46. The number of aliphatic hydroxyl groups is 1. The van der Waals surface area contributed by atoms with Crippen LogP contribution >= 0.6 is 11.6 Å². The van der Waals surface area contributed by atoms with E-state index in [0.717, 1.165) is 6.42 Å². The summed E-state index contributed by atoms with van der Waals surface area (Å²) in [4.78, 5) is 25.1. The minimum absolute atomic E-state index is 0.0546. The van der Waals surface area contributed by atoms with Crippen LogP contribution in [0.15, 0.2) is 18.2 Å². The van der Waals surface area contributed by atoms with Gasteiger partial charge in [-0.05, 0) is 30.9 Å². The van der Waals surface area contributed by atoms with Crippen molar-refractivity contribution in [3.05, 3.63) is 34.6 Å². The average molecular weight is 344 g/mol. The molecular weight excluding hydrogens is 321 g/mol. The van der Waals surface area contributed by atoms with Gasteiger partial charge in [0.1, 0.15) is 12.4 Å². The van der Waals surface area contributed by atoms with E-state index in [2.05, 4.69) is 0 Å². The first-order chi connectivity index (χ1) is 10.9. The predicted octanol–water partition coefficient (Wildman–Crippen LogP) is 2.99. The zero-order valence-electron chi connectivity index (χ0n) is 13.5. The summed E-state index contributed by atoms with van der Waals surface area (Å²) < 4.78 is 13.4. The van der Waals surface area contributed by atoms with Crippen LogP contribution in [0.2, 0.25) is 5.02 Å². The molecule has 1 aromatic carbocycles. The molecule has 0 aliphatic rings. The van der Waals surface area contributed by atoms with Crippen LogP contribution in [0.1, 0.15) is 38.2 Å². The number of rotatable bonds is 9. The fraction of sp³-hybridized carbons (Fsp3) is 0.529. The number of ketones is 1. The Bertz CT molecular complexity index is 551. The number of hydrogen-bond acceptors (Lipinski definition) is 3. The molecule has 1 atom stereocenters. The van der Waals surface area contributed by atoms with Gasteiger partial charge in [-0.15, -0.1) is 0 Å². The van der Waals surface area contributed by atoms with Crippen LogP contribution in [0.4, 0.5) is 4.39 Å². The largest absolute Gasteiger partial charge is 0.389 e. The van der Waals surface area contributed by atoms with Gasteiger partial charge in [-0.25, -0.2) is 4.39 Å². The van der Waals surface area contributed by atoms with Gasteiger partial charge in [-0.2, -0.15) is 0 Å². The smallest absolute Gasteiger partial charge is 0.222 e. The Morgan fingerprint density at radius 1 is 1.35 bits per heavy atom. The van der Waals surface area contributed by atoms with Gasteiger partial charge in [0, 0.05) is 25.9 Å². The van der Waals surface area contributed by atoms with Gasteiger partial charge in [0.05, 0.1) is 5.02 Å². The molecule has 0 radical (unpaired) electrons. The molecule has 0 aliphatic carbocycles. The lowest BCUT2D eigenvalue weighted by atomic mass is 10.0. The summed E-state index contributed by atoms with van der Waals surface area (Å²) in [5.74, 6) is -0.789. The third kappa shape index (κ3) is 5.92. The standard InChI is InChI=1S/C17H23ClFNO3/c1-3-13(8-9-14(22)11-21)20(2)16(23)10-7-12-5-4-6-15(19)17(12)18/h4-6,13,21H,3,7-11H2,1-2H3/t13-/m1/s1. The maximum absolute atomic E-state index is 13.4. The van der Waals surface area contributed by atoms with E-state index in [4.69, 9.17) is 16.7 Å². The van der Waals surface area contributed by atoms with Gasteiger partial charge in [0.15, 0.2) is 5.78 Å². The molecule has 1 rings (SSSR count). The maximum atomic E-state index is 13.4. The second-order valence-electron chi connectivity index (χ2n) is 5.52. The number of carbonyl (C=O) groups is 2. The van der Waals surface area contributed by atoms with Crippen LogP contribution in [0.3, 0.4) is 0 Å². The molecule has 0 heterocycles. The van der Waals surface area contributed by atoms with Crippen molar-refractivity contribution < 1.29 is 19.1 Å². The molecule has 0 aromatic heterocycles. The SMILES string of the molecule is CC[C@H](CCC(=O)CO)N(C)C(=O)CCc1cccc(F)c1Cl. The summed E-state index contributed by atoms with van der Waals surface area (Å²) in [6, 6.07) is 4.50. The maximum Gasteiger partial charge on any atom is 0.222 e. The molecule has 128 valence electrons. The summed E-state index contributed by atoms with van der Waals surface area (Å²) in [7, 11) is 1.70. The molecule has 23 heavy (non-hydrogen) atoms. The van der Waals surface area contributed by atoms with E-state index >= 15 is 0 Å². The number of carbonyl (C=O) groups excluding carboxylic acids is 2. The molecular formula is C17H23ClFNO3. The van der Waals surface area contributed by atoms with Crippen molar-refractivity contribution in [2.45, 2.75) is 45.1 Å². The van der Waals surface area contributed by atoms with E-state index < -0.39 is 12.4 Å². The van der Waals surface area contributed by atoms with Gasteiger partial charge in [-0.1, -0.05) is 30.7 Å². The molecule has 1 N–H and O–H groups in total. The van der Waals surface area contributed by atoms with Crippen molar-refractivity contribution in [3.63, 3.8) is 0 Å². The highest BCUT2D eigenvalue weighted by atomic mass is 35.5. The van der Waals surface area contributed by atoms with E-state index in [9.17, 15) is 14.0 Å². The number of hydrogen-bond donors (Lipinski definition) is 1. The van der Waals surface area contributed by atoms with Crippen LogP contribution < -0.4 is 0 Å². The molecule has 0 saturated carbocycles. The highest BCUT2D eigenvalue weighted by molar-refractivity contribution is 6.31. The number of nitrogens with zero attached hydrogens (tertiary/aromatic N) is 1. The number of aryl methyl sites for hydroxylation is 1. The number of Topliss-reactive ketones (excluding diaryl/α,β-unsaturated/α-hetero) is 1. The zero-order chi connectivity index (χ0) is 17.4. The van der Waals surface area contributed by atoms with Crippen molar-refractivity contribution in [2.24, 2.45) is 0 Å². The minimum atomic E-state index is -0.487. The predicted molar refractivity (Wildman–Crippen MR) is 87.9 cm³/mol. The van der Waals surface area contributed by atoms with Crippen molar-refractivity contribution in [1.29, 1.82) is 0 Å². The topological polar surface area (TPSA) is 57.6 Å². The summed E-state index contributed by atoms with van der Waals surface area (Å²) in [6.07, 6.45) is 2.10. The third-order valence-corrected chi connectivity index (χ3v) is 4.41. The minimum Gasteiger partial charge on any atom is -0.389 e. The first-order valence-electron chi connectivity index (χ1n) is 7.71. The second-order valence-corrected chi connectivity index (χ2v) is 5.89. The van der Waals surface area contributed by atoms with Gasteiger partial charge >= 0.3 is 0 Å². The first-order valence-corrected chi connectivity index (χ1v) is 8.09. The van der Waals surface area contributed by atoms with Crippen LogP contribution in [0.5, 0.6) is 0 Å². The van der Waals surface area contributed by atoms with Crippen molar-refractivity contribution >= 4 is 23.3 Å². The third-order valence-electron chi connectivity index (χ3n) is 3.98. The van der Waals surface area contributed by atoms with E-state index in [1.807, 2.05) is 6.92 Å². The normalized spacial score (nSPS) is 12.0. The lowest BCUT2D eigenvalue weighted by Crippen LogP contribution is -2.37. The number of amides is 1. The van der Waals surface area contributed by atoms with Crippen molar-refractivity contribution in [2.75, 3.05) is 13.7 Å². The van der Waals surface area contributed by atoms with E-state index in [-0.39, 0.29) is 35.6 Å². The average Bonchev–Trinajstić information content (AvgIpc) is 2.55. The van der Waals surface area contributed by atoms with Gasteiger partial charge < -0.3 is 10.0 Å². The molecule has 0 spiro atoms. The zero-order valence-corrected chi connectivity index (χ0v) is 14.3. The van der Waals surface area contributed by atoms with Gasteiger partial charge in [0.2, 0.25) is 5.91 Å².